The van der Waals surface area contributed by atoms with E-state index in [1.165, 1.54) is 5.56 Å². The lowest BCUT2D eigenvalue weighted by atomic mass is 10.1. The van der Waals surface area contributed by atoms with E-state index >= 15 is 0 Å². The van der Waals surface area contributed by atoms with E-state index < -0.39 is 0 Å². The maximum absolute atomic E-state index is 12.7. The van der Waals surface area contributed by atoms with Crippen molar-refractivity contribution in [3.05, 3.63) is 54.1 Å². The molecule has 0 unspecified atom stereocenters. The Labute approximate surface area is 141 Å². The second kappa shape index (κ2) is 7.84. The van der Waals surface area contributed by atoms with Crippen molar-refractivity contribution in [2.24, 2.45) is 0 Å². The number of ether oxygens (including phenoxy) is 1. The molecule has 1 heterocycles. The van der Waals surface area contributed by atoms with E-state index in [1.54, 1.807) is 24.3 Å². The van der Waals surface area contributed by atoms with Crippen LogP contribution < -0.4 is 15.0 Å². The summed E-state index contributed by atoms with van der Waals surface area (Å²) in [7, 11) is 0. The quantitative estimate of drug-likeness (QED) is 0.905. The Morgan fingerprint density at radius 3 is 2.71 bits per heavy atom. The molecule has 3 rings (SSSR count). The molecule has 0 bridgehead atoms. The van der Waals surface area contributed by atoms with Crippen molar-refractivity contribution in [3.63, 3.8) is 0 Å². The third-order valence-corrected chi connectivity index (χ3v) is 4.07. The molecule has 5 heteroatoms. The fraction of sp³-hybridized carbons (Fsp3) is 0.316. The van der Waals surface area contributed by atoms with Gasteiger partial charge in [-0.25, -0.2) is 4.79 Å². The van der Waals surface area contributed by atoms with Gasteiger partial charge in [-0.1, -0.05) is 18.2 Å². The lowest BCUT2D eigenvalue weighted by molar-refractivity contribution is 0.201. The molecule has 0 aromatic heterocycles. The summed E-state index contributed by atoms with van der Waals surface area (Å²) >= 11 is 0. The highest BCUT2D eigenvalue weighted by Gasteiger charge is 2.20. The van der Waals surface area contributed by atoms with Crippen LogP contribution in [-0.2, 0) is 6.42 Å². The highest BCUT2D eigenvalue weighted by atomic mass is 16.5. The number of para-hydroxylation sites is 1. The van der Waals surface area contributed by atoms with E-state index in [4.69, 9.17) is 9.84 Å². The summed E-state index contributed by atoms with van der Waals surface area (Å²) in [5.41, 5.74) is 2.94. The molecule has 2 aromatic rings. The number of carbonyl (C=O) groups is 1. The predicted octanol–water partition coefficient (Wildman–Crippen LogP) is 3.43. The first-order valence-corrected chi connectivity index (χ1v) is 8.28. The normalized spacial score (nSPS) is 13.8. The lowest BCUT2D eigenvalue weighted by Gasteiger charge is -2.23. The van der Waals surface area contributed by atoms with Crippen LogP contribution in [0.15, 0.2) is 48.5 Å². The van der Waals surface area contributed by atoms with Gasteiger partial charge in [0.25, 0.3) is 0 Å². The van der Waals surface area contributed by atoms with Crippen LogP contribution >= 0.6 is 0 Å². The highest BCUT2D eigenvalue weighted by molar-refractivity contribution is 6.02. The van der Waals surface area contributed by atoms with Crippen LogP contribution in [0, 0.1) is 0 Å². The molecule has 126 valence electrons. The van der Waals surface area contributed by atoms with Gasteiger partial charge in [-0.3, -0.25) is 4.90 Å². The third kappa shape index (κ3) is 3.86. The van der Waals surface area contributed by atoms with Gasteiger partial charge in [-0.15, -0.1) is 0 Å². The standard InChI is InChI=1S/C19H22N2O3/c22-13-14-24-17-10-8-16(9-11-17)20-19(23)21-12-4-3-6-15-5-1-2-7-18(15)21/h1-2,5,7-11,22H,3-4,6,12-14H2,(H,20,23). The molecule has 0 saturated carbocycles. The Morgan fingerprint density at radius 1 is 1.12 bits per heavy atom. The number of fused-ring (bicyclic) bond motifs is 1. The zero-order valence-corrected chi connectivity index (χ0v) is 13.6. The highest BCUT2D eigenvalue weighted by Crippen LogP contribution is 2.27. The molecular weight excluding hydrogens is 304 g/mol. The Bertz CT molecular complexity index is 685. The molecule has 5 nitrogen and oxygen atoms in total. The number of nitrogens with one attached hydrogen (secondary N) is 1. The molecule has 0 radical (unpaired) electrons. The SMILES string of the molecule is O=C(Nc1ccc(OCCO)cc1)N1CCCCc2ccccc21. The van der Waals surface area contributed by atoms with Crippen molar-refractivity contribution in [1.82, 2.24) is 0 Å². The van der Waals surface area contributed by atoms with E-state index in [0.29, 0.717) is 5.75 Å². The summed E-state index contributed by atoms with van der Waals surface area (Å²) < 4.78 is 5.32. The molecule has 1 aliphatic heterocycles. The van der Waals surface area contributed by atoms with Crippen LogP contribution in [0.25, 0.3) is 0 Å². The predicted molar refractivity (Wildman–Crippen MR) is 94.8 cm³/mol. The van der Waals surface area contributed by atoms with E-state index in [0.717, 1.165) is 37.2 Å². The first-order chi connectivity index (χ1) is 11.8. The Kier molecular flexibility index (Phi) is 5.33. The number of aliphatic hydroxyl groups excluding tert-OH is 1. The summed E-state index contributed by atoms with van der Waals surface area (Å²) in [5, 5.41) is 11.7. The van der Waals surface area contributed by atoms with Gasteiger partial charge in [-0.05, 0) is 55.2 Å². The van der Waals surface area contributed by atoms with Gasteiger partial charge >= 0.3 is 6.03 Å². The van der Waals surface area contributed by atoms with Crippen molar-refractivity contribution in [2.45, 2.75) is 19.3 Å². The van der Waals surface area contributed by atoms with Gasteiger partial charge in [0.05, 0.1) is 6.61 Å². The summed E-state index contributed by atoms with van der Waals surface area (Å²) in [6.07, 6.45) is 3.10. The van der Waals surface area contributed by atoms with Crippen molar-refractivity contribution in [3.8, 4) is 5.75 Å². The minimum absolute atomic E-state index is 0.0210. The summed E-state index contributed by atoms with van der Waals surface area (Å²) in [5.74, 6) is 0.669. The molecule has 2 aromatic carbocycles. The number of hydrogen-bond acceptors (Lipinski definition) is 3. The fourth-order valence-corrected chi connectivity index (χ4v) is 2.89. The molecular formula is C19H22N2O3. The van der Waals surface area contributed by atoms with E-state index in [9.17, 15) is 4.79 Å². The number of aryl methyl sites for hydroxylation is 1. The number of aliphatic hydroxyl groups is 1. The molecule has 0 saturated heterocycles. The maximum Gasteiger partial charge on any atom is 0.326 e. The number of nitrogens with zero attached hydrogens (tertiary/aromatic N) is 1. The minimum Gasteiger partial charge on any atom is -0.491 e. The van der Waals surface area contributed by atoms with Gasteiger partial charge in [0, 0.05) is 17.9 Å². The summed E-state index contributed by atoms with van der Waals surface area (Å²) in [6.45, 7) is 0.962. The summed E-state index contributed by atoms with van der Waals surface area (Å²) in [4.78, 5) is 14.5. The van der Waals surface area contributed by atoms with Gasteiger partial charge in [0.2, 0.25) is 0 Å². The van der Waals surface area contributed by atoms with E-state index in [2.05, 4.69) is 11.4 Å². The summed E-state index contributed by atoms with van der Waals surface area (Å²) in [6, 6.07) is 15.1. The van der Waals surface area contributed by atoms with Crippen LogP contribution in [0.5, 0.6) is 5.75 Å². The Morgan fingerprint density at radius 2 is 1.92 bits per heavy atom. The topological polar surface area (TPSA) is 61.8 Å². The average molecular weight is 326 g/mol. The van der Waals surface area contributed by atoms with Crippen LogP contribution in [0.3, 0.4) is 0 Å². The molecule has 24 heavy (non-hydrogen) atoms. The van der Waals surface area contributed by atoms with E-state index in [1.807, 2.05) is 23.1 Å². The zero-order valence-electron chi connectivity index (χ0n) is 13.6. The van der Waals surface area contributed by atoms with Gasteiger partial charge in [0.15, 0.2) is 0 Å². The molecule has 0 aliphatic carbocycles. The Balaban J connectivity index is 1.70. The number of carbonyl (C=O) groups excluding carboxylic acids is 1. The first kappa shape index (κ1) is 16.3. The molecule has 2 amide bonds. The molecule has 2 N–H and O–H groups in total. The Hall–Kier alpha value is -2.53. The van der Waals surface area contributed by atoms with Gasteiger partial charge in [-0.2, -0.15) is 0 Å². The maximum atomic E-state index is 12.7. The first-order valence-electron chi connectivity index (χ1n) is 8.28. The largest absolute Gasteiger partial charge is 0.491 e. The van der Waals surface area contributed by atoms with Crippen LogP contribution in [0.4, 0.5) is 16.2 Å². The van der Waals surface area contributed by atoms with E-state index in [-0.39, 0.29) is 19.2 Å². The smallest absolute Gasteiger partial charge is 0.326 e. The number of anilines is 2. The second-order valence-electron chi connectivity index (χ2n) is 5.76. The third-order valence-electron chi connectivity index (χ3n) is 4.07. The zero-order chi connectivity index (χ0) is 16.8. The van der Waals surface area contributed by atoms with Crippen molar-refractivity contribution in [2.75, 3.05) is 30.0 Å². The van der Waals surface area contributed by atoms with Crippen LogP contribution in [0.1, 0.15) is 18.4 Å². The van der Waals surface area contributed by atoms with Crippen molar-refractivity contribution in [1.29, 1.82) is 0 Å². The molecule has 0 fully saturated rings. The van der Waals surface area contributed by atoms with Gasteiger partial charge in [0.1, 0.15) is 12.4 Å². The molecule has 1 aliphatic rings. The number of amides is 2. The molecule has 0 spiro atoms. The van der Waals surface area contributed by atoms with Crippen molar-refractivity contribution >= 4 is 17.4 Å². The van der Waals surface area contributed by atoms with Crippen LogP contribution in [-0.4, -0.2) is 30.9 Å². The number of benzene rings is 2. The number of urea groups is 1. The number of hydrogen-bond donors (Lipinski definition) is 2. The average Bonchev–Trinajstić information content (AvgIpc) is 2.83. The minimum atomic E-state index is -0.117. The van der Waals surface area contributed by atoms with Gasteiger partial charge < -0.3 is 15.2 Å². The monoisotopic (exact) mass is 326 g/mol. The second-order valence-corrected chi connectivity index (χ2v) is 5.76. The van der Waals surface area contributed by atoms with Crippen molar-refractivity contribution < 1.29 is 14.6 Å². The molecule has 0 atom stereocenters. The lowest BCUT2D eigenvalue weighted by Crippen LogP contribution is -2.35. The van der Waals surface area contributed by atoms with Crippen LogP contribution in [0.2, 0.25) is 0 Å². The fourth-order valence-electron chi connectivity index (χ4n) is 2.89. The number of rotatable bonds is 4.